The van der Waals surface area contributed by atoms with E-state index in [1.165, 1.54) is 6.21 Å². The minimum absolute atomic E-state index is 0.214. The molecule has 6 heteroatoms. The standard InChI is InChI=1S/C29H41N5S/c1-26(2,31)20-27(3,4)32-17-23-12-14-24(15-13-23)18-33-28(5,6)21-29(7,35)34-19-25-10-8-22(16-30)9-11-25/h8-19,30,35H,20-21,31H2,1-7H3. The van der Waals surface area contributed by atoms with Crippen molar-refractivity contribution in [1.29, 1.82) is 5.41 Å². The number of nitrogens with two attached hydrogens (primary N) is 1. The number of aliphatic imine (C=N–C) groups is 3. The Balaban J connectivity index is 2.00. The molecular weight excluding hydrogens is 450 g/mol. The van der Waals surface area contributed by atoms with Crippen LogP contribution in [-0.4, -0.2) is 46.3 Å². The van der Waals surface area contributed by atoms with Gasteiger partial charge in [0.05, 0.1) is 11.1 Å². The predicted octanol–water partition coefficient (Wildman–Crippen LogP) is 6.36. The highest BCUT2D eigenvalue weighted by atomic mass is 32.1. The summed E-state index contributed by atoms with van der Waals surface area (Å²) in [5, 5.41) is 7.30. The van der Waals surface area contributed by atoms with Gasteiger partial charge in [-0.2, -0.15) is 0 Å². The molecule has 1 atom stereocenters. The molecule has 0 fully saturated rings. The van der Waals surface area contributed by atoms with Gasteiger partial charge >= 0.3 is 0 Å². The van der Waals surface area contributed by atoms with Crippen molar-refractivity contribution in [3.63, 3.8) is 0 Å². The molecule has 0 spiro atoms. The van der Waals surface area contributed by atoms with Gasteiger partial charge in [0.2, 0.25) is 0 Å². The van der Waals surface area contributed by atoms with Crippen LogP contribution in [0.15, 0.2) is 63.5 Å². The van der Waals surface area contributed by atoms with E-state index in [4.69, 9.17) is 33.8 Å². The van der Waals surface area contributed by atoms with Gasteiger partial charge < -0.3 is 11.1 Å². The van der Waals surface area contributed by atoms with Crippen molar-refractivity contribution in [3.05, 3.63) is 70.8 Å². The first kappa shape index (κ1) is 28.7. The van der Waals surface area contributed by atoms with Gasteiger partial charge in [-0.25, -0.2) is 0 Å². The molecule has 0 heterocycles. The Labute approximate surface area is 217 Å². The van der Waals surface area contributed by atoms with Crippen molar-refractivity contribution in [1.82, 2.24) is 0 Å². The maximum Gasteiger partial charge on any atom is 0.102 e. The van der Waals surface area contributed by atoms with E-state index in [1.807, 2.05) is 63.7 Å². The van der Waals surface area contributed by atoms with Crippen molar-refractivity contribution in [2.45, 2.75) is 82.8 Å². The SMILES string of the molecule is CC(C)(N)CC(C)(C)N=Cc1ccc(C=NC(C)(C)CC(C)(S)N=Cc2ccc(C=N)cc2)cc1. The highest BCUT2D eigenvalue weighted by Gasteiger charge is 2.28. The molecule has 35 heavy (non-hydrogen) atoms. The summed E-state index contributed by atoms with van der Waals surface area (Å²) in [6, 6.07) is 15.9. The number of nitrogens with one attached hydrogen (secondary N) is 1. The lowest BCUT2D eigenvalue weighted by Crippen LogP contribution is -2.39. The maximum atomic E-state index is 7.30. The van der Waals surface area contributed by atoms with E-state index in [2.05, 4.69) is 57.0 Å². The van der Waals surface area contributed by atoms with Crippen molar-refractivity contribution in [2.24, 2.45) is 20.7 Å². The van der Waals surface area contributed by atoms with Crippen molar-refractivity contribution < 1.29 is 0 Å². The fourth-order valence-corrected chi connectivity index (χ4v) is 4.57. The molecule has 2 rings (SSSR count). The fourth-order valence-electron chi connectivity index (χ4n) is 4.13. The van der Waals surface area contributed by atoms with E-state index in [1.54, 1.807) is 0 Å². The van der Waals surface area contributed by atoms with Gasteiger partial charge in [0.25, 0.3) is 0 Å². The third-order valence-electron chi connectivity index (χ3n) is 5.31. The predicted molar refractivity (Wildman–Crippen MR) is 157 cm³/mol. The van der Waals surface area contributed by atoms with Crippen molar-refractivity contribution in [3.8, 4) is 0 Å². The van der Waals surface area contributed by atoms with E-state index in [0.717, 1.165) is 28.7 Å². The molecule has 188 valence electrons. The Hall–Kier alpha value is -2.57. The molecule has 0 aliphatic carbocycles. The Morgan fingerprint density at radius 1 is 0.657 bits per heavy atom. The molecule has 3 N–H and O–H groups in total. The molecule has 0 radical (unpaired) electrons. The first-order valence-electron chi connectivity index (χ1n) is 12.0. The molecule has 0 bridgehead atoms. The summed E-state index contributed by atoms with van der Waals surface area (Å²) in [4.78, 5) is 13.7. The topological polar surface area (TPSA) is 86.9 Å². The highest BCUT2D eigenvalue weighted by Crippen LogP contribution is 2.30. The van der Waals surface area contributed by atoms with Gasteiger partial charge in [-0.3, -0.25) is 15.0 Å². The molecule has 0 saturated heterocycles. The van der Waals surface area contributed by atoms with Crippen LogP contribution in [0.1, 0.15) is 83.6 Å². The van der Waals surface area contributed by atoms with Gasteiger partial charge in [0, 0.05) is 36.8 Å². The molecule has 2 aromatic rings. The van der Waals surface area contributed by atoms with Crippen molar-refractivity contribution in [2.75, 3.05) is 0 Å². The molecule has 0 saturated carbocycles. The first-order valence-corrected chi connectivity index (χ1v) is 12.4. The van der Waals surface area contributed by atoms with Gasteiger partial charge in [0.15, 0.2) is 0 Å². The van der Waals surface area contributed by atoms with E-state index in [9.17, 15) is 0 Å². The van der Waals surface area contributed by atoms with Crippen LogP contribution in [0.2, 0.25) is 0 Å². The van der Waals surface area contributed by atoms with Crippen LogP contribution in [0, 0.1) is 5.41 Å². The number of hydrogen-bond donors (Lipinski definition) is 3. The summed E-state index contributed by atoms with van der Waals surface area (Å²) in [6.45, 7) is 14.4. The molecule has 0 aliphatic heterocycles. The molecule has 2 aromatic carbocycles. The number of thiol groups is 1. The third-order valence-corrected chi connectivity index (χ3v) is 5.59. The maximum absolute atomic E-state index is 7.30. The number of benzene rings is 2. The Kier molecular flexibility index (Phi) is 9.37. The van der Waals surface area contributed by atoms with Crippen LogP contribution >= 0.6 is 12.6 Å². The van der Waals surface area contributed by atoms with Gasteiger partial charge in [0.1, 0.15) is 4.87 Å². The summed E-state index contributed by atoms with van der Waals surface area (Å²) in [5.74, 6) is 0. The van der Waals surface area contributed by atoms with Crippen LogP contribution < -0.4 is 5.73 Å². The second-order valence-electron chi connectivity index (χ2n) is 11.4. The normalized spacial score (nSPS) is 15.2. The highest BCUT2D eigenvalue weighted by molar-refractivity contribution is 7.81. The summed E-state index contributed by atoms with van der Waals surface area (Å²) in [5.41, 5.74) is 9.29. The zero-order chi connectivity index (χ0) is 26.3. The smallest absolute Gasteiger partial charge is 0.102 e. The third kappa shape index (κ3) is 11.1. The van der Waals surface area contributed by atoms with Crippen LogP contribution in [-0.2, 0) is 0 Å². The largest absolute Gasteiger partial charge is 0.325 e. The minimum Gasteiger partial charge on any atom is -0.325 e. The molecule has 0 amide bonds. The van der Waals surface area contributed by atoms with E-state index >= 15 is 0 Å². The average Bonchev–Trinajstić information content (AvgIpc) is 2.74. The lowest BCUT2D eigenvalue weighted by molar-refractivity contribution is 0.355. The van der Waals surface area contributed by atoms with Gasteiger partial charge in [-0.1, -0.05) is 48.5 Å². The summed E-state index contributed by atoms with van der Waals surface area (Å²) >= 11 is 4.78. The van der Waals surface area contributed by atoms with Crippen LogP contribution in [0.3, 0.4) is 0 Å². The summed E-state index contributed by atoms with van der Waals surface area (Å²) in [6.07, 6.45) is 8.46. The molecule has 5 nitrogen and oxygen atoms in total. The first-order chi connectivity index (χ1) is 16.1. The molecule has 0 aromatic heterocycles. The summed E-state index contributed by atoms with van der Waals surface area (Å²) < 4.78 is 0. The van der Waals surface area contributed by atoms with Crippen LogP contribution in [0.5, 0.6) is 0 Å². The monoisotopic (exact) mass is 491 g/mol. The quantitative estimate of drug-likeness (QED) is 0.248. The Morgan fingerprint density at radius 2 is 1.00 bits per heavy atom. The lowest BCUT2D eigenvalue weighted by Gasteiger charge is -2.29. The summed E-state index contributed by atoms with van der Waals surface area (Å²) in [7, 11) is 0. The number of rotatable bonds is 11. The lowest BCUT2D eigenvalue weighted by atomic mass is 9.88. The molecule has 0 aliphatic rings. The fraction of sp³-hybridized carbons (Fsp3) is 0.448. The number of nitrogens with zero attached hydrogens (tertiary/aromatic N) is 3. The van der Waals surface area contributed by atoms with Crippen molar-refractivity contribution >= 4 is 37.5 Å². The Morgan fingerprint density at radius 3 is 1.37 bits per heavy atom. The zero-order valence-electron chi connectivity index (χ0n) is 22.2. The van der Waals surface area contributed by atoms with Crippen LogP contribution in [0.25, 0.3) is 0 Å². The molecular formula is C29H41N5S. The van der Waals surface area contributed by atoms with E-state index in [-0.39, 0.29) is 16.6 Å². The van der Waals surface area contributed by atoms with Gasteiger partial charge in [-0.15, -0.1) is 12.6 Å². The average molecular weight is 492 g/mol. The van der Waals surface area contributed by atoms with E-state index < -0.39 is 4.87 Å². The van der Waals surface area contributed by atoms with Crippen LogP contribution in [0.4, 0.5) is 0 Å². The number of hydrogen-bond acceptors (Lipinski definition) is 6. The Bertz CT molecular complexity index is 1050. The van der Waals surface area contributed by atoms with E-state index in [0.29, 0.717) is 6.42 Å². The van der Waals surface area contributed by atoms with Gasteiger partial charge in [-0.05, 0) is 77.1 Å². The zero-order valence-corrected chi connectivity index (χ0v) is 23.1. The second-order valence-corrected chi connectivity index (χ2v) is 12.4. The second kappa shape index (κ2) is 11.4. The minimum atomic E-state index is -0.563. The molecule has 1 unspecified atom stereocenters.